The summed E-state index contributed by atoms with van der Waals surface area (Å²) in [6, 6.07) is 0. The molecule has 4 nitrogen and oxygen atoms in total. The molecular weight excluding hydrogens is 206 g/mol. The van der Waals surface area contributed by atoms with Crippen LogP contribution in [-0.4, -0.2) is 37.5 Å². The molecule has 0 aliphatic rings. The maximum atomic E-state index is 11.8. The van der Waals surface area contributed by atoms with E-state index in [0.29, 0.717) is 19.4 Å². The van der Waals surface area contributed by atoms with Crippen LogP contribution >= 0.6 is 0 Å². The van der Waals surface area contributed by atoms with Crippen molar-refractivity contribution in [2.75, 3.05) is 20.7 Å². The van der Waals surface area contributed by atoms with Crippen LogP contribution in [-0.2, 0) is 14.3 Å². The van der Waals surface area contributed by atoms with Crippen LogP contribution in [0.25, 0.3) is 0 Å². The summed E-state index contributed by atoms with van der Waals surface area (Å²) in [4.78, 5) is 24.4. The van der Waals surface area contributed by atoms with Gasteiger partial charge in [0.05, 0.1) is 7.11 Å². The summed E-state index contributed by atoms with van der Waals surface area (Å²) in [5, 5.41) is 0. The van der Waals surface area contributed by atoms with Crippen molar-refractivity contribution in [2.45, 2.75) is 39.5 Å². The Morgan fingerprint density at radius 3 is 2.50 bits per heavy atom. The maximum Gasteiger partial charge on any atom is 0.305 e. The number of nitrogens with zero attached hydrogens (tertiary/aromatic N) is 1. The molecule has 4 heteroatoms. The molecule has 0 aliphatic heterocycles. The molecule has 0 heterocycles. The number of rotatable bonds is 7. The number of amides is 1. The molecular formula is C12H23NO3. The van der Waals surface area contributed by atoms with Crippen LogP contribution in [0.5, 0.6) is 0 Å². The van der Waals surface area contributed by atoms with E-state index < -0.39 is 0 Å². The molecule has 0 aliphatic carbocycles. The molecule has 1 amide bonds. The molecule has 0 N–H and O–H groups in total. The number of ether oxygens (including phenoxy) is 1. The van der Waals surface area contributed by atoms with Gasteiger partial charge >= 0.3 is 5.97 Å². The van der Waals surface area contributed by atoms with Crippen LogP contribution in [0.4, 0.5) is 0 Å². The van der Waals surface area contributed by atoms with Gasteiger partial charge in [-0.3, -0.25) is 9.59 Å². The maximum absolute atomic E-state index is 11.8. The Hall–Kier alpha value is -1.06. The first-order chi connectivity index (χ1) is 7.52. The quantitative estimate of drug-likeness (QED) is 0.626. The second kappa shape index (κ2) is 8.13. The molecule has 0 saturated heterocycles. The van der Waals surface area contributed by atoms with E-state index in [1.165, 1.54) is 7.11 Å². The Morgan fingerprint density at radius 2 is 2.00 bits per heavy atom. The molecule has 1 unspecified atom stereocenters. The Kier molecular flexibility index (Phi) is 7.60. The van der Waals surface area contributed by atoms with Gasteiger partial charge in [-0.15, -0.1) is 0 Å². The number of carbonyl (C=O) groups is 2. The van der Waals surface area contributed by atoms with E-state index in [-0.39, 0.29) is 17.8 Å². The van der Waals surface area contributed by atoms with E-state index in [0.717, 1.165) is 12.8 Å². The molecule has 94 valence electrons. The third-order valence-electron chi connectivity index (χ3n) is 2.62. The van der Waals surface area contributed by atoms with E-state index in [4.69, 9.17) is 0 Å². The molecule has 0 aromatic carbocycles. The van der Waals surface area contributed by atoms with Crippen molar-refractivity contribution in [3.63, 3.8) is 0 Å². The summed E-state index contributed by atoms with van der Waals surface area (Å²) >= 11 is 0. The predicted octanol–water partition coefficient (Wildman–Crippen LogP) is 1.83. The lowest BCUT2D eigenvalue weighted by Crippen LogP contribution is -2.32. The molecule has 1 atom stereocenters. The minimum Gasteiger partial charge on any atom is -0.469 e. The van der Waals surface area contributed by atoms with Gasteiger partial charge in [0, 0.05) is 25.9 Å². The van der Waals surface area contributed by atoms with E-state index in [1.807, 2.05) is 6.92 Å². The lowest BCUT2D eigenvalue weighted by molar-refractivity contribution is -0.141. The first-order valence-corrected chi connectivity index (χ1v) is 5.84. The van der Waals surface area contributed by atoms with Crippen molar-refractivity contribution in [3.8, 4) is 0 Å². The highest BCUT2D eigenvalue weighted by atomic mass is 16.5. The average molecular weight is 229 g/mol. The van der Waals surface area contributed by atoms with E-state index in [9.17, 15) is 9.59 Å². The van der Waals surface area contributed by atoms with Gasteiger partial charge in [0.25, 0.3) is 0 Å². The minimum atomic E-state index is -0.220. The van der Waals surface area contributed by atoms with Crippen molar-refractivity contribution in [1.29, 1.82) is 0 Å². The van der Waals surface area contributed by atoms with E-state index in [2.05, 4.69) is 11.7 Å². The standard InChI is InChI=1S/C12H23NO3/c1-5-7-10(2)12(15)13(3)9-6-8-11(14)16-4/h10H,5-9H2,1-4H3. The number of carbonyl (C=O) groups excluding carboxylic acids is 2. The number of methoxy groups -OCH3 is 1. The molecule has 0 saturated carbocycles. The summed E-state index contributed by atoms with van der Waals surface area (Å²) in [5.74, 6) is 0.0160. The first kappa shape index (κ1) is 14.9. The van der Waals surface area contributed by atoms with Crippen LogP contribution in [0.2, 0.25) is 0 Å². The van der Waals surface area contributed by atoms with Crippen molar-refractivity contribution in [3.05, 3.63) is 0 Å². The largest absolute Gasteiger partial charge is 0.469 e. The van der Waals surface area contributed by atoms with Crippen LogP contribution in [0.1, 0.15) is 39.5 Å². The Morgan fingerprint density at radius 1 is 1.38 bits per heavy atom. The van der Waals surface area contributed by atoms with Gasteiger partial charge in [-0.2, -0.15) is 0 Å². The molecule has 0 aromatic rings. The number of hydrogen-bond acceptors (Lipinski definition) is 3. The topological polar surface area (TPSA) is 46.6 Å². The SMILES string of the molecule is CCCC(C)C(=O)N(C)CCCC(=O)OC. The number of hydrogen-bond donors (Lipinski definition) is 0. The first-order valence-electron chi connectivity index (χ1n) is 5.84. The predicted molar refractivity (Wildman–Crippen MR) is 63.0 cm³/mol. The highest BCUT2D eigenvalue weighted by Gasteiger charge is 2.16. The molecule has 0 spiro atoms. The molecule has 0 radical (unpaired) electrons. The van der Waals surface area contributed by atoms with Crippen molar-refractivity contribution >= 4 is 11.9 Å². The Labute approximate surface area is 98.0 Å². The average Bonchev–Trinajstić information content (AvgIpc) is 2.27. The van der Waals surface area contributed by atoms with Gasteiger partial charge in [-0.25, -0.2) is 0 Å². The minimum absolute atomic E-state index is 0.0770. The van der Waals surface area contributed by atoms with Gasteiger partial charge in [0.2, 0.25) is 5.91 Å². The zero-order valence-corrected chi connectivity index (χ0v) is 10.8. The van der Waals surface area contributed by atoms with Gasteiger partial charge in [0.15, 0.2) is 0 Å². The van der Waals surface area contributed by atoms with Crippen LogP contribution in [0.3, 0.4) is 0 Å². The van der Waals surface area contributed by atoms with Gasteiger partial charge in [0.1, 0.15) is 0 Å². The number of esters is 1. The summed E-state index contributed by atoms with van der Waals surface area (Å²) in [6.45, 7) is 4.63. The zero-order valence-electron chi connectivity index (χ0n) is 10.8. The van der Waals surface area contributed by atoms with Crippen molar-refractivity contribution in [2.24, 2.45) is 5.92 Å². The monoisotopic (exact) mass is 229 g/mol. The fourth-order valence-corrected chi connectivity index (χ4v) is 1.61. The molecule has 0 rings (SSSR count). The second-order valence-corrected chi connectivity index (χ2v) is 4.13. The zero-order chi connectivity index (χ0) is 12.6. The molecule has 16 heavy (non-hydrogen) atoms. The Bertz CT molecular complexity index is 228. The molecule has 0 aromatic heterocycles. The summed E-state index contributed by atoms with van der Waals surface area (Å²) in [5.41, 5.74) is 0. The highest BCUT2D eigenvalue weighted by Crippen LogP contribution is 2.09. The highest BCUT2D eigenvalue weighted by molar-refractivity contribution is 5.78. The Balaban J connectivity index is 3.83. The normalized spacial score (nSPS) is 12.0. The van der Waals surface area contributed by atoms with Crippen molar-refractivity contribution in [1.82, 2.24) is 4.90 Å². The van der Waals surface area contributed by atoms with Crippen molar-refractivity contribution < 1.29 is 14.3 Å². The van der Waals surface area contributed by atoms with E-state index >= 15 is 0 Å². The van der Waals surface area contributed by atoms with E-state index in [1.54, 1.807) is 11.9 Å². The van der Waals surface area contributed by atoms with Crippen LogP contribution in [0.15, 0.2) is 0 Å². The lowest BCUT2D eigenvalue weighted by Gasteiger charge is -2.20. The smallest absolute Gasteiger partial charge is 0.305 e. The van der Waals surface area contributed by atoms with Crippen LogP contribution < -0.4 is 0 Å². The molecule has 0 fully saturated rings. The fraction of sp³-hybridized carbons (Fsp3) is 0.833. The van der Waals surface area contributed by atoms with Gasteiger partial charge in [-0.1, -0.05) is 20.3 Å². The fourth-order valence-electron chi connectivity index (χ4n) is 1.61. The third-order valence-corrected chi connectivity index (χ3v) is 2.62. The van der Waals surface area contributed by atoms with Crippen LogP contribution in [0, 0.1) is 5.92 Å². The summed E-state index contributed by atoms with van der Waals surface area (Å²) in [6.07, 6.45) is 2.97. The third kappa shape index (κ3) is 5.73. The van der Waals surface area contributed by atoms with Gasteiger partial charge in [-0.05, 0) is 12.8 Å². The summed E-state index contributed by atoms with van der Waals surface area (Å²) < 4.78 is 4.54. The molecule has 0 bridgehead atoms. The van der Waals surface area contributed by atoms with Gasteiger partial charge < -0.3 is 9.64 Å². The lowest BCUT2D eigenvalue weighted by atomic mass is 10.0. The summed E-state index contributed by atoms with van der Waals surface area (Å²) in [7, 11) is 3.16. The second-order valence-electron chi connectivity index (χ2n) is 4.13.